The number of hydrogen-bond acceptors (Lipinski definition) is 7. The van der Waals surface area contributed by atoms with Crippen LogP contribution in [0.4, 0.5) is 20.7 Å². The standard InChI is InChI=1S/C21H21FN4O4/c1-14(27)2-5-17-12-26(21(28)30-17)16-4-6-18(19(22)10-16)15-3-7-20(23-11-15)25-8-9-29-24-13-25/h3-4,6-7,10-11,13,17H,2,5,8-9,12H2,1H3/t17-/m0/s1. The van der Waals surface area contributed by atoms with Crippen LogP contribution < -0.4 is 9.80 Å². The Morgan fingerprint density at radius 2 is 2.17 bits per heavy atom. The van der Waals surface area contributed by atoms with Crippen molar-refractivity contribution in [2.45, 2.75) is 25.9 Å². The van der Waals surface area contributed by atoms with Gasteiger partial charge in [0.2, 0.25) is 0 Å². The van der Waals surface area contributed by atoms with Gasteiger partial charge in [-0.3, -0.25) is 4.90 Å². The molecule has 0 radical (unpaired) electrons. The van der Waals surface area contributed by atoms with Gasteiger partial charge in [0.1, 0.15) is 36.5 Å². The Labute approximate surface area is 172 Å². The van der Waals surface area contributed by atoms with Crippen LogP contribution in [0.15, 0.2) is 41.7 Å². The molecule has 0 bridgehead atoms. The van der Waals surface area contributed by atoms with Crippen molar-refractivity contribution < 1.29 is 23.6 Å². The van der Waals surface area contributed by atoms with E-state index in [2.05, 4.69) is 10.1 Å². The van der Waals surface area contributed by atoms with Gasteiger partial charge >= 0.3 is 6.09 Å². The third kappa shape index (κ3) is 4.24. The molecule has 2 aliphatic rings. The monoisotopic (exact) mass is 412 g/mol. The molecule has 4 rings (SSSR count). The molecule has 3 heterocycles. The quantitative estimate of drug-likeness (QED) is 0.723. The van der Waals surface area contributed by atoms with Crippen LogP contribution in [-0.4, -0.2) is 49.0 Å². The number of oxime groups is 1. The number of halogens is 1. The first-order valence-electron chi connectivity index (χ1n) is 9.67. The number of Topliss-reactive ketones (excluding diaryl/α,β-unsaturated/α-hetero) is 1. The maximum Gasteiger partial charge on any atom is 0.414 e. The molecule has 156 valence electrons. The minimum Gasteiger partial charge on any atom is -0.444 e. The Bertz CT molecular complexity index is 979. The van der Waals surface area contributed by atoms with E-state index < -0.39 is 11.9 Å². The van der Waals surface area contributed by atoms with Crippen LogP contribution in [0.5, 0.6) is 0 Å². The van der Waals surface area contributed by atoms with E-state index in [1.54, 1.807) is 36.8 Å². The Morgan fingerprint density at radius 1 is 1.30 bits per heavy atom. The lowest BCUT2D eigenvalue weighted by Gasteiger charge is -2.20. The number of pyridine rings is 1. The number of benzene rings is 1. The minimum absolute atomic E-state index is 0.0421. The van der Waals surface area contributed by atoms with Gasteiger partial charge in [0, 0.05) is 23.7 Å². The third-order valence-electron chi connectivity index (χ3n) is 4.99. The SMILES string of the molecule is CC(=O)CC[C@H]1CN(c2ccc(-c3ccc(N4C=NOCC4)nc3)c(F)c2)C(=O)O1. The van der Waals surface area contributed by atoms with Crippen molar-refractivity contribution in [3.63, 3.8) is 0 Å². The highest BCUT2D eigenvalue weighted by Crippen LogP contribution is 2.30. The fourth-order valence-corrected chi connectivity index (χ4v) is 3.38. The maximum atomic E-state index is 14.8. The van der Waals surface area contributed by atoms with Gasteiger partial charge in [-0.2, -0.15) is 0 Å². The summed E-state index contributed by atoms with van der Waals surface area (Å²) in [5, 5.41) is 3.75. The average molecular weight is 412 g/mol. The van der Waals surface area contributed by atoms with E-state index in [4.69, 9.17) is 9.57 Å². The molecular formula is C21H21FN4O4. The van der Waals surface area contributed by atoms with Crippen LogP contribution in [0.1, 0.15) is 19.8 Å². The molecule has 0 N–H and O–H groups in total. The topological polar surface area (TPSA) is 84.3 Å². The molecule has 0 saturated carbocycles. The van der Waals surface area contributed by atoms with Crippen molar-refractivity contribution in [2.75, 3.05) is 29.5 Å². The summed E-state index contributed by atoms with van der Waals surface area (Å²) in [6, 6.07) is 8.18. The lowest BCUT2D eigenvalue weighted by atomic mass is 10.1. The van der Waals surface area contributed by atoms with Crippen LogP contribution >= 0.6 is 0 Å². The fourth-order valence-electron chi connectivity index (χ4n) is 3.38. The zero-order valence-corrected chi connectivity index (χ0v) is 16.5. The zero-order chi connectivity index (χ0) is 21.1. The van der Waals surface area contributed by atoms with Crippen molar-refractivity contribution in [1.29, 1.82) is 0 Å². The van der Waals surface area contributed by atoms with Crippen molar-refractivity contribution in [1.82, 2.24) is 4.98 Å². The maximum absolute atomic E-state index is 14.8. The molecule has 1 atom stereocenters. The number of anilines is 2. The molecule has 1 saturated heterocycles. The van der Waals surface area contributed by atoms with Crippen molar-refractivity contribution in [3.05, 3.63) is 42.3 Å². The highest BCUT2D eigenvalue weighted by Gasteiger charge is 2.32. The smallest absolute Gasteiger partial charge is 0.414 e. The van der Waals surface area contributed by atoms with Crippen LogP contribution in [0.3, 0.4) is 0 Å². The lowest BCUT2D eigenvalue weighted by Crippen LogP contribution is -2.29. The largest absolute Gasteiger partial charge is 0.444 e. The summed E-state index contributed by atoms with van der Waals surface area (Å²) in [7, 11) is 0. The average Bonchev–Trinajstić information content (AvgIpc) is 3.13. The van der Waals surface area contributed by atoms with Crippen molar-refractivity contribution in [2.24, 2.45) is 5.16 Å². The van der Waals surface area contributed by atoms with Gasteiger partial charge in [-0.25, -0.2) is 14.2 Å². The van der Waals surface area contributed by atoms with E-state index >= 15 is 0 Å². The number of nitrogens with zero attached hydrogens (tertiary/aromatic N) is 4. The van der Waals surface area contributed by atoms with Crippen LogP contribution in [-0.2, 0) is 14.4 Å². The summed E-state index contributed by atoms with van der Waals surface area (Å²) in [6.45, 7) is 2.91. The third-order valence-corrected chi connectivity index (χ3v) is 4.99. The molecule has 2 aliphatic heterocycles. The van der Waals surface area contributed by atoms with Gasteiger partial charge in [0.15, 0.2) is 0 Å². The van der Waals surface area contributed by atoms with Crippen LogP contribution in [0.25, 0.3) is 11.1 Å². The molecule has 1 aromatic heterocycles. The summed E-state index contributed by atoms with van der Waals surface area (Å²) in [5.74, 6) is 0.273. The second-order valence-corrected chi connectivity index (χ2v) is 7.17. The molecule has 1 aromatic carbocycles. The molecular weight excluding hydrogens is 391 g/mol. The first-order chi connectivity index (χ1) is 14.5. The Balaban J connectivity index is 1.48. The molecule has 8 nitrogen and oxygen atoms in total. The summed E-state index contributed by atoms with van der Waals surface area (Å²) < 4.78 is 20.1. The summed E-state index contributed by atoms with van der Waals surface area (Å²) in [6.07, 6.45) is 3.05. The van der Waals surface area contributed by atoms with E-state index in [1.165, 1.54) is 17.9 Å². The van der Waals surface area contributed by atoms with Crippen molar-refractivity contribution >= 4 is 29.7 Å². The molecule has 0 aliphatic carbocycles. The Hall–Kier alpha value is -3.49. The zero-order valence-electron chi connectivity index (χ0n) is 16.5. The number of cyclic esters (lactones) is 1. The van der Waals surface area contributed by atoms with E-state index in [1.807, 2.05) is 4.90 Å². The van der Waals surface area contributed by atoms with Gasteiger partial charge in [-0.1, -0.05) is 5.16 Å². The van der Waals surface area contributed by atoms with E-state index in [9.17, 15) is 14.0 Å². The normalized spacial score (nSPS) is 18.3. The number of ether oxygens (including phenoxy) is 1. The lowest BCUT2D eigenvalue weighted by molar-refractivity contribution is -0.117. The first kappa shape index (κ1) is 19.8. The van der Waals surface area contributed by atoms with E-state index in [0.717, 1.165) is 0 Å². The van der Waals surface area contributed by atoms with Crippen LogP contribution in [0, 0.1) is 5.82 Å². The Morgan fingerprint density at radius 3 is 2.83 bits per heavy atom. The number of hydrogen-bond donors (Lipinski definition) is 0. The number of ketones is 1. The minimum atomic E-state index is -0.533. The predicted octanol–water partition coefficient (Wildman–Crippen LogP) is 3.36. The molecule has 1 amide bonds. The molecule has 0 spiro atoms. The van der Waals surface area contributed by atoms with E-state index in [-0.39, 0.29) is 11.9 Å². The number of carbonyl (C=O) groups excluding carboxylic acids is 2. The Kier molecular flexibility index (Phi) is 5.60. The second-order valence-electron chi connectivity index (χ2n) is 7.17. The van der Waals surface area contributed by atoms with Crippen molar-refractivity contribution in [3.8, 4) is 11.1 Å². The number of aromatic nitrogens is 1. The van der Waals surface area contributed by atoms with E-state index in [0.29, 0.717) is 55.2 Å². The number of carbonyl (C=O) groups is 2. The van der Waals surface area contributed by atoms with Gasteiger partial charge in [-0.15, -0.1) is 0 Å². The van der Waals surface area contributed by atoms with Gasteiger partial charge in [-0.05, 0) is 43.7 Å². The van der Waals surface area contributed by atoms with Gasteiger partial charge < -0.3 is 19.3 Å². The predicted molar refractivity (Wildman–Crippen MR) is 109 cm³/mol. The molecule has 30 heavy (non-hydrogen) atoms. The molecule has 1 fully saturated rings. The number of amides is 1. The second kappa shape index (κ2) is 8.48. The molecule has 2 aromatic rings. The molecule has 9 heteroatoms. The summed E-state index contributed by atoms with van der Waals surface area (Å²) >= 11 is 0. The van der Waals surface area contributed by atoms with Crippen LogP contribution in [0.2, 0.25) is 0 Å². The van der Waals surface area contributed by atoms with Gasteiger partial charge in [0.05, 0.1) is 18.8 Å². The highest BCUT2D eigenvalue weighted by atomic mass is 19.1. The summed E-state index contributed by atoms with van der Waals surface area (Å²) in [4.78, 5) is 35.8. The van der Waals surface area contributed by atoms with Gasteiger partial charge in [0.25, 0.3) is 0 Å². The fraction of sp³-hybridized carbons (Fsp3) is 0.333. The summed E-state index contributed by atoms with van der Waals surface area (Å²) in [5.41, 5.74) is 1.42. The molecule has 0 unspecified atom stereocenters. The highest BCUT2D eigenvalue weighted by molar-refractivity contribution is 5.90. The number of rotatable bonds is 6. The first-order valence-corrected chi connectivity index (χ1v) is 9.67.